The minimum Gasteiger partial charge on any atom is -0.451 e. The molecule has 0 saturated carbocycles. The Morgan fingerprint density at radius 1 is 1.69 bits per heavy atom. The molecule has 0 aromatic carbocycles. The van der Waals surface area contributed by atoms with E-state index in [1.54, 1.807) is 6.26 Å². The van der Waals surface area contributed by atoms with Crippen molar-refractivity contribution in [2.24, 2.45) is 0 Å². The van der Waals surface area contributed by atoms with Gasteiger partial charge in [0.05, 0.1) is 11.8 Å². The van der Waals surface area contributed by atoms with Crippen LogP contribution >= 0.6 is 0 Å². The molecule has 0 aliphatic carbocycles. The van der Waals surface area contributed by atoms with Crippen molar-refractivity contribution in [1.82, 2.24) is 9.88 Å². The highest BCUT2D eigenvalue weighted by molar-refractivity contribution is 4.91. The van der Waals surface area contributed by atoms with E-state index in [0.29, 0.717) is 0 Å². The van der Waals surface area contributed by atoms with Crippen LogP contribution in [-0.2, 0) is 6.54 Å². The summed E-state index contributed by atoms with van der Waals surface area (Å²) in [5.74, 6) is 0. The third-order valence-electron chi connectivity index (χ3n) is 2.35. The van der Waals surface area contributed by atoms with E-state index in [1.807, 2.05) is 0 Å². The van der Waals surface area contributed by atoms with Gasteiger partial charge in [-0.1, -0.05) is 0 Å². The number of rotatable bonds is 2. The number of β-amino-alcohol motifs (C(OH)–C–C–N with tert-alkyl or cyclic N) is 1. The van der Waals surface area contributed by atoms with Gasteiger partial charge in [0.2, 0.25) is 0 Å². The second kappa shape index (κ2) is 3.89. The number of aliphatic hydroxyl groups excluding tert-OH is 1. The van der Waals surface area contributed by atoms with Gasteiger partial charge in [0.15, 0.2) is 6.39 Å². The predicted octanol–water partition coefficient (Wildman–Crippen LogP) is 0.631. The quantitative estimate of drug-likeness (QED) is 0.729. The molecule has 72 valence electrons. The molecule has 2 heterocycles. The zero-order valence-corrected chi connectivity index (χ0v) is 7.52. The SMILES string of the molecule is O[C@H]1CCCN(Cc2cocn2)C1. The minimum atomic E-state index is -0.166. The lowest BCUT2D eigenvalue weighted by atomic mass is 10.1. The van der Waals surface area contributed by atoms with Crippen LogP contribution < -0.4 is 0 Å². The van der Waals surface area contributed by atoms with E-state index < -0.39 is 0 Å². The van der Waals surface area contributed by atoms with Gasteiger partial charge in [-0.25, -0.2) is 4.98 Å². The summed E-state index contributed by atoms with van der Waals surface area (Å²) >= 11 is 0. The van der Waals surface area contributed by atoms with Crippen LogP contribution in [0.15, 0.2) is 17.1 Å². The fourth-order valence-electron chi connectivity index (χ4n) is 1.72. The van der Waals surface area contributed by atoms with Gasteiger partial charge >= 0.3 is 0 Å². The average molecular weight is 182 g/mol. The highest BCUT2D eigenvalue weighted by Crippen LogP contribution is 2.12. The maximum Gasteiger partial charge on any atom is 0.180 e. The Labute approximate surface area is 77.2 Å². The first kappa shape index (κ1) is 8.72. The van der Waals surface area contributed by atoms with E-state index >= 15 is 0 Å². The van der Waals surface area contributed by atoms with Crippen LogP contribution in [0.3, 0.4) is 0 Å². The second-order valence-electron chi connectivity index (χ2n) is 3.51. The minimum absolute atomic E-state index is 0.166. The second-order valence-corrected chi connectivity index (χ2v) is 3.51. The van der Waals surface area contributed by atoms with Crippen molar-refractivity contribution in [3.05, 3.63) is 18.4 Å². The van der Waals surface area contributed by atoms with Gasteiger partial charge in [-0.2, -0.15) is 0 Å². The van der Waals surface area contributed by atoms with Gasteiger partial charge in [-0.15, -0.1) is 0 Å². The van der Waals surface area contributed by atoms with Crippen LogP contribution in [-0.4, -0.2) is 34.2 Å². The molecule has 1 fully saturated rings. The summed E-state index contributed by atoms with van der Waals surface area (Å²) in [6.07, 6.45) is 4.92. The molecular weight excluding hydrogens is 168 g/mol. The third kappa shape index (κ3) is 2.29. The van der Waals surface area contributed by atoms with Crippen molar-refractivity contribution in [3.63, 3.8) is 0 Å². The van der Waals surface area contributed by atoms with Crippen LogP contribution in [0.25, 0.3) is 0 Å². The molecule has 13 heavy (non-hydrogen) atoms. The summed E-state index contributed by atoms with van der Waals surface area (Å²) < 4.78 is 4.88. The number of hydrogen-bond acceptors (Lipinski definition) is 4. The lowest BCUT2D eigenvalue weighted by molar-refractivity contribution is 0.0662. The van der Waals surface area contributed by atoms with Crippen LogP contribution in [0, 0.1) is 0 Å². The molecule has 1 aliphatic heterocycles. The summed E-state index contributed by atoms with van der Waals surface area (Å²) in [6, 6.07) is 0. The monoisotopic (exact) mass is 182 g/mol. The summed E-state index contributed by atoms with van der Waals surface area (Å²) in [4.78, 5) is 6.25. The summed E-state index contributed by atoms with van der Waals surface area (Å²) in [5.41, 5.74) is 0.939. The largest absolute Gasteiger partial charge is 0.451 e. The first-order valence-corrected chi connectivity index (χ1v) is 4.62. The molecule has 2 rings (SSSR count). The maximum atomic E-state index is 9.42. The summed E-state index contributed by atoms with van der Waals surface area (Å²) in [7, 11) is 0. The van der Waals surface area contributed by atoms with Crippen LogP contribution in [0.4, 0.5) is 0 Å². The Kier molecular flexibility index (Phi) is 2.61. The zero-order chi connectivity index (χ0) is 9.10. The molecule has 1 atom stereocenters. The fourth-order valence-corrected chi connectivity index (χ4v) is 1.72. The van der Waals surface area contributed by atoms with Crippen LogP contribution in [0.5, 0.6) is 0 Å². The molecule has 4 nitrogen and oxygen atoms in total. The number of aromatic nitrogens is 1. The Morgan fingerprint density at radius 3 is 3.31 bits per heavy atom. The van der Waals surface area contributed by atoms with Gasteiger partial charge < -0.3 is 9.52 Å². The average Bonchev–Trinajstić information content (AvgIpc) is 2.57. The number of oxazole rings is 1. The van der Waals surface area contributed by atoms with Crippen molar-refractivity contribution in [1.29, 1.82) is 0 Å². The van der Waals surface area contributed by atoms with Gasteiger partial charge in [0.1, 0.15) is 6.26 Å². The van der Waals surface area contributed by atoms with Crippen LogP contribution in [0.1, 0.15) is 18.5 Å². The predicted molar refractivity (Wildman–Crippen MR) is 47.0 cm³/mol. The molecule has 0 spiro atoms. The van der Waals surface area contributed by atoms with E-state index in [9.17, 15) is 5.11 Å². The highest BCUT2D eigenvalue weighted by Gasteiger charge is 2.17. The van der Waals surface area contributed by atoms with E-state index in [1.165, 1.54) is 6.39 Å². The highest BCUT2D eigenvalue weighted by atomic mass is 16.3. The number of aliphatic hydroxyl groups is 1. The van der Waals surface area contributed by atoms with E-state index in [0.717, 1.165) is 38.2 Å². The normalized spacial score (nSPS) is 24.8. The molecule has 0 unspecified atom stereocenters. The van der Waals surface area contributed by atoms with Crippen molar-refractivity contribution in [3.8, 4) is 0 Å². The number of nitrogens with zero attached hydrogens (tertiary/aromatic N) is 2. The Balaban J connectivity index is 1.87. The molecule has 1 saturated heterocycles. The van der Waals surface area contributed by atoms with Crippen molar-refractivity contribution >= 4 is 0 Å². The van der Waals surface area contributed by atoms with E-state index in [-0.39, 0.29) is 6.10 Å². The topological polar surface area (TPSA) is 49.5 Å². The molecule has 1 aliphatic rings. The number of hydrogen-bond donors (Lipinski definition) is 1. The van der Waals surface area contributed by atoms with Gasteiger partial charge in [0, 0.05) is 13.1 Å². The molecule has 0 amide bonds. The van der Waals surface area contributed by atoms with Gasteiger partial charge in [-0.3, -0.25) is 4.90 Å². The Bertz CT molecular complexity index is 248. The van der Waals surface area contributed by atoms with Gasteiger partial charge in [-0.05, 0) is 19.4 Å². The summed E-state index contributed by atoms with van der Waals surface area (Å²) in [6.45, 7) is 2.59. The van der Waals surface area contributed by atoms with Crippen molar-refractivity contribution in [2.75, 3.05) is 13.1 Å². The van der Waals surface area contributed by atoms with E-state index in [2.05, 4.69) is 9.88 Å². The van der Waals surface area contributed by atoms with Crippen LogP contribution in [0.2, 0.25) is 0 Å². The zero-order valence-electron chi connectivity index (χ0n) is 7.52. The standard InChI is InChI=1S/C9H14N2O2/c12-9-2-1-3-11(5-9)4-8-6-13-7-10-8/h6-7,9,12H,1-5H2/t9-/m0/s1. The first-order chi connectivity index (χ1) is 6.34. The van der Waals surface area contributed by atoms with Gasteiger partial charge in [0.25, 0.3) is 0 Å². The maximum absolute atomic E-state index is 9.42. The fraction of sp³-hybridized carbons (Fsp3) is 0.667. The van der Waals surface area contributed by atoms with E-state index in [4.69, 9.17) is 4.42 Å². The van der Waals surface area contributed by atoms with Crippen molar-refractivity contribution in [2.45, 2.75) is 25.5 Å². The van der Waals surface area contributed by atoms with Crippen molar-refractivity contribution < 1.29 is 9.52 Å². The Morgan fingerprint density at radius 2 is 2.62 bits per heavy atom. The number of likely N-dealkylation sites (tertiary alicyclic amines) is 1. The third-order valence-corrected chi connectivity index (χ3v) is 2.35. The lowest BCUT2D eigenvalue weighted by Crippen LogP contribution is -2.37. The Hall–Kier alpha value is -0.870. The molecular formula is C9H14N2O2. The smallest absolute Gasteiger partial charge is 0.180 e. The number of piperidine rings is 1. The molecule has 0 bridgehead atoms. The lowest BCUT2D eigenvalue weighted by Gasteiger charge is -2.28. The molecule has 1 aromatic heterocycles. The first-order valence-electron chi connectivity index (χ1n) is 4.62. The molecule has 1 aromatic rings. The molecule has 1 N–H and O–H groups in total. The summed E-state index contributed by atoms with van der Waals surface area (Å²) in [5, 5.41) is 9.42. The molecule has 4 heteroatoms. The molecule has 0 radical (unpaired) electrons.